The minimum Gasteiger partial charge on any atom is -0.396 e. The minimum absolute atomic E-state index is 0.0677. The lowest BCUT2D eigenvalue weighted by Gasteiger charge is -2.21. The fourth-order valence-electron chi connectivity index (χ4n) is 2.42. The zero-order chi connectivity index (χ0) is 15.6. The molecule has 5 nitrogen and oxygen atoms in total. The number of aliphatic hydroxyl groups excluding tert-OH is 1. The molecule has 6 heteroatoms. The number of aromatic nitrogens is 2. The van der Waals surface area contributed by atoms with E-state index < -0.39 is 0 Å². The van der Waals surface area contributed by atoms with Gasteiger partial charge in [0.25, 0.3) is 5.56 Å². The highest BCUT2D eigenvalue weighted by Crippen LogP contribution is 2.25. The number of aryl methyl sites for hydroxylation is 2. The van der Waals surface area contributed by atoms with Crippen molar-refractivity contribution < 1.29 is 5.11 Å². The van der Waals surface area contributed by atoms with E-state index in [-0.39, 0.29) is 18.2 Å². The van der Waals surface area contributed by atoms with Crippen molar-refractivity contribution in [2.24, 2.45) is 5.92 Å². The van der Waals surface area contributed by atoms with Gasteiger partial charge < -0.3 is 15.4 Å². The molecule has 3 N–H and O–H groups in total. The molecule has 0 saturated heterocycles. The van der Waals surface area contributed by atoms with E-state index in [1.165, 1.54) is 0 Å². The Morgan fingerprint density at radius 2 is 2.10 bits per heavy atom. The maximum Gasteiger partial charge on any atom is 0.259 e. The van der Waals surface area contributed by atoms with Gasteiger partial charge >= 0.3 is 0 Å². The van der Waals surface area contributed by atoms with Gasteiger partial charge in [0.1, 0.15) is 10.7 Å². The van der Waals surface area contributed by atoms with Crippen LogP contribution in [0, 0.1) is 19.8 Å². The molecule has 0 spiro atoms. The van der Waals surface area contributed by atoms with Gasteiger partial charge in [-0.15, -0.1) is 11.3 Å². The molecule has 116 valence electrons. The van der Waals surface area contributed by atoms with Gasteiger partial charge in [-0.1, -0.05) is 13.8 Å². The van der Waals surface area contributed by atoms with E-state index >= 15 is 0 Å². The van der Waals surface area contributed by atoms with Gasteiger partial charge in [0.05, 0.1) is 11.9 Å². The van der Waals surface area contributed by atoms with Crippen molar-refractivity contribution in [3.63, 3.8) is 0 Å². The molecule has 1 atom stereocenters. The van der Waals surface area contributed by atoms with E-state index in [2.05, 4.69) is 29.1 Å². The number of rotatable bonds is 6. The van der Waals surface area contributed by atoms with Crippen LogP contribution < -0.4 is 10.9 Å². The Bertz CT molecular complexity index is 675. The normalized spacial score (nSPS) is 13.2. The van der Waals surface area contributed by atoms with Gasteiger partial charge in [-0.25, -0.2) is 4.98 Å². The van der Waals surface area contributed by atoms with Gasteiger partial charge in [-0.2, -0.15) is 0 Å². The minimum atomic E-state index is -0.0677. The van der Waals surface area contributed by atoms with Gasteiger partial charge in [0.15, 0.2) is 0 Å². The number of thiophene rings is 1. The largest absolute Gasteiger partial charge is 0.396 e. The van der Waals surface area contributed by atoms with E-state index in [1.807, 2.05) is 13.8 Å². The van der Waals surface area contributed by atoms with Crippen LogP contribution in [0.2, 0.25) is 0 Å². The third kappa shape index (κ3) is 3.51. The molecular formula is C15H23N3O2S. The number of hydrogen-bond acceptors (Lipinski definition) is 5. The number of nitrogens with zero attached hydrogens (tertiary/aromatic N) is 1. The quantitative estimate of drug-likeness (QED) is 0.763. The first kappa shape index (κ1) is 16.1. The fraction of sp³-hybridized carbons (Fsp3) is 0.600. The zero-order valence-corrected chi connectivity index (χ0v) is 13.8. The first-order chi connectivity index (χ1) is 9.93. The molecule has 0 aromatic carbocycles. The van der Waals surface area contributed by atoms with Crippen molar-refractivity contribution in [3.05, 3.63) is 26.6 Å². The lowest BCUT2D eigenvalue weighted by Crippen LogP contribution is -2.35. The highest BCUT2D eigenvalue weighted by atomic mass is 32.1. The summed E-state index contributed by atoms with van der Waals surface area (Å²) in [4.78, 5) is 21.5. The lowest BCUT2D eigenvalue weighted by molar-refractivity contribution is 0.243. The number of H-pyrrole nitrogens is 1. The van der Waals surface area contributed by atoms with Crippen LogP contribution in [0.25, 0.3) is 10.2 Å². The van der Waals surface area contributed by atoms with Crippen LogP contribution in [0.15, 0.2) is 4.79 Å². The number of fused-ring (bicyclic) bond motifs is 1. The second-order valence-electron chi connectivity index (χ2n) is 5.72. The van der Waals surface area contributed by atoms with Gasteiger partial charge in [0, 0.05) is 17.5 Å². The fourth-order valence-corrected chi connectivity index (χ4v) is 3.47. The van der Waals surface area contributed by atoms with Gasteiger partial charge in [-0.3, -0.25) is 4.79 Å². The van der Waals surface area contributed by atoms with Crippen molar-refractivity contribution in [1.82, 2.24) is 15.3 Å². The van der Waals surface area contributed by atoms with Gasteiger partial charge in [-0.05, 0) is 31.7 Å². The molecule has 2 aromatic rings. The van der Waals surface area contributed by atoms with E-state index in [0.29, 0.717) is 30.1 Å². The maximum absolute atomic E-state index is 12.2. The maximum atomic E-state index is 12.2. The highest BCUT2D eigenvalue weighted by molar-refractivity contribution is 7.18. The number of hydrogen-bond donors (Lipinski definition) is 3. The Hall–Kier alpha value is -1.24. The summed E-state index contributed by atoms with van der Waals surface area (Å²) < 4.78 is 0. The van der Waals surface area contributed by atoms with Crippen LogP contribution >= 0.6 is 11.3 Å². The first-order valence-electron chi connectivity index (χ1n) is 7.27. The Balaban J connectivity index is 2.21. The molecule has 0 radical (unpaired) electrons. The Kier molecular flexibility index (Phi) is 5.13. The molecule has 0 saturated carbocycles. The summed E-state index contributed by atoms with van der Waals surface area (Å²) >= 11 is 1.56. The van der Waals surface area contributed by atoms with Crippen molar-refractivity contribution in [2.75, 3.05) is 6.61 Å². The molecule has 0 aliphatic heterocycles. The first-order valence-corrected chi connectivity index (χ1v) is 8.08. The molecule has 0 unspecified atom stereocenters. The SMILES string of the molecule is Cc1sc2nc(CN[C@@H](CCO)C(C)C)[nH]c(=O)c2c1C. The molecule has 0 aliphatic rings. The van der Waals surface area contributed by atoms with Gasteiger partial charge in [0.2, 0.25) is 0 Å². The highest BCUT2D eigenvalue weighted by Gasteiger charge is 2.14. The monoisotopic (exact) mass is 309 g/mol. The van der Waals surface area contributed by atoms with Crippen molar-refractivity contribution in [1.29, 1.82) is 0 Å². The average Bonchev–Trinajstić information content (AvgIpc) is 2.70. The summed E-state index contributed by atoms with van der Waals surface area (Å²) in [6, 6.07) is 0.211. The predicted octanol–water partition coefficient (Wildman–Crippen LogP) is 2.10. The summed E-state index contributed by atoms with van der Waals surface area (Å²) in [5.41, 5.74) is 0.950. The molecule has 0 bridgehead atoms. The van der Waals surface area contributed by atoms with Crippen molar-refractivity contribution in [3.8, 4) is 0 Å². The second-order valence-corrected chi connectivity index (χ2v) is 6.92. The Morgan fingerprint density at radius 3 is 2.71 bits per heavy atom. The summed E-state index contributed by atoms with van der Waals surface area (Å²) in [6.45, 7) is 8.84. The predicted molar refractivity (Wildman–Crippen MR) is 86.9 cm³/mol. The molecular weight excluding hydrogens is 286 g/mol. The van der Waals surface area contributed by atoms with E-state index in [1.54, 1.807) is 11.3 Å². The summed E-state index contributed by atoms with van der Waals surface area (Å²) in [5, 5.41) is 13.2. The summed E-state index contributed by atoms with van der Waals surface area (Å²) in [7, 11) is 0. The van der Waals surface area contributed by atoms with E-state index in [9.17, 15) is 4.79 Å². The molecule has 2 heterocycles. The Labute approximate surface area is 128 Å². The van der Waals surface area contributed by atoms with Crippen molar-refractivity contribution in [2.45, 2.75) is 46.7 Å². The second kappa shape index (κ2) is 6.68. The number of aliphatic hydroxyl groups is 1. The summed E-state index contributed by atoms with van der Waals surface area (Å²) in [5.74, 6) is 1.07. The number of nitrogens with one attached hydrogen (secondary N) is 2. The third-order valence-corrected chi connectivity index (χ3v) is 4.97. The molecule has 21 heavy (non-hydrogen) atoms. The van der Waals surface area contributed by atoms with E-state index in [4.69, 9.17) is 5.11 Å². The Morgan fingerprint density at radius 1 is 1.38 bits per heavy atom. The molecule has 0 aliphatic carbocycles. The molecule has 2 rings (SSSR count). The van der Waals surface area contributed by atoms with Crippen LogP contribution in [0.3, 0.4) is 0 Å². The van der Waals surface area contributed by atoms with E-state index in [0.717, 1.165) is 15.3 Å². The zero-order valence-electron chi connectivity index (χ0n) is 13.0. The lowest BCUT2D eigenvalue weighted by atomic mass is 10.0. The molecule has 2 aromatic heterocycles. The number of aromatic amines is 1. The molecule has 0 fully saturated rings. The third-order valence-electron chi connectivity index (χ3n) is 3.86. The van der Waals surface area contributed by atoms with Crippen LogP contribution in [0.4, 0.5) is 0 Å². The topological polar surface area (TPSA) is 78.0 Å². The van der Waals surface area contributed by atoms with Crippen LogP contribution in [0.5, 0.6) is 0 Å². The van der Waals surface area contributed by atoms with Crippen LogP contribution in [-0.2, 0) is 6.54 Å². The summed E-state index contributed by atoms with van der Waals surface area (Å²) in [6.07, 6.45) is 0.696. The molecule has 0 amide bonds. The van der Waals surface area contributed by atoms with Crippen LogP contribution in [0.1, 0.15) is 36.5 Å². The van der Waals surface area contributed by atoms with Crippen LogP contribution in [-0.4, -0.2) is 27.7 Å². The van der Waals surface area contributed by atoms with Crippen molar-refractivity contribution >= 4 is 21.6 Å². The standard InChI is InChI=1S/C15H23N3O2S/c1-8(2)11(5-6-19)16-7-12-17-14(20)13-9(3)10(4)21-15(13)18-12/h8,11,16,19H,5-7H2,1-4H3,(H,17,18,20)/t11-/m0/s1. The smallest absolute Gasteiger partial charge is 0.259 e. The average molecular weight is 309 g/mol.